The molecule has 7 heteroatoms. The number of nitrogens with zero attached hydrogens (tertiary/aromatic N) is 2. The van der Waals surface area contributed by atoms with Crippen LogP contribution in [0, 0.1) is 0 Å². The Morgan fingerprint density at radius 1 is 1.17 bits per heavy atom. The smallest absolute Gasteiger partial charge is 0.263 e. The van der Waals surface area contributed by atoms with Crippen molar-refractivity contribution in [1.29, 1.82) is 0 Å². The van der Waals surface area contributed by atoms with Crippen LogP contribution in [0.5, 0.6) is 0 Å². The third kappa shape index (κ3) is 2.63. The Hall–Kier alpha value is -1.99. The van der Waals surface area contributed by atoms with Gasteiger partial charge >= 0.3 is 0 Å². The topological polar surface area (TPSA) is 98.0 Å². The maximum atomic E-state index is 12.1. The van der Waals surface area contributed by atoms with Crippen LogP contribution in [0.2, 0.25) is 0 Å². The van der Waals surface area contributed by atoms with Crippen molar-refractivity contribution in [3.63, 3.8) is 0 Å². The molecule has 1 heterocycles. The first-order valence-corrected chi connectivity index (χ1v) is 6.70. The molecule has 1 aromatic carbocycles. The second kappa shape index (κ2) is 5.11. The molecular weight excluding hydrogens is 252 g/mol. The van der Waals surface area contributed by atoms with E-state index in [4.69, 9.17) is 5.73 Å². The van der Waals surface area contributed by atoms with Gasteiger partial charge in [0.2, 0.25) is 0 Å². The zero-order chi connectivity index (χ0) is 13.0. The predicted molar refractivity (Wildman–Crippen MR) is 67.2 cm³/mol. The fraction of sp³-hybridized carbons (Fsp3) is 0.0909. The van der Waals surface area contributed by atoms with Gasteiger partial charge < -0.3 is 5.73 Å². The SMILES string of the molecule is NCc1ccccc1S(=O)(=O)Nc1cccnn1. The molecule has 0 fully saturated rings. The van der Waals surface area contributed by atoms with E-state index in [2.05, 4.69) is 14.9 Å². The number of sulfonamides is 1. The predicted octanol–water partition coefficient (Wildman–Crippen LogP) is 0.736. The van der Waals surface area contributed by atoms with Gasteiger partial charge in [0.15, 0.2) is 5.82 Å². The summed E-state index contributed by atoms with van der Waals surface area (Å²) in [5, 5.41) is 7.28. The quantitative estimate of drug-likeness (QED) is 0.848. The average molecular weight is 264 g/mol. The minimum Gasteiger partial charge on any atom is -0.326 e. The van der Waals surface area contributed by atoms with Crippen molar-refractivity contribution in [3.8, 4) is 0 Å². The lowest BCUT2D eigenvalue weighted by molar-refractivity contribution is 0.599. The van der Waals surface area contributed by atoms with Crippen LogP contribution >= 0.6 is 0 Å². The zero-order valence-corrected chi connectivity index (χ0v) is 10.3. The molecule has 0 atom stereocenters. The number of nitrogens with two attached hydrogens (primary N) is 1. The Morgan fingerprint density at radius 3 is 2.61 bits per heavy atom. The summed E-state index contributed by atoms with van der Waals surface area (Å²) in [5.41, 5.74) is 6.07. The van der Waals surface area contributed by atoms with Crippen LogP contribution in [0.3, 0.4) is 0 Å². The summed E-state index contributed by atoms with van der Waals surface area (Å²) in [6.45, 7) is 0.150. The third-order valence-corrected chi connectivity index (χ3v) is 3.75. The van der Waals surface area contributed by atoms with Gasteiger partial charge in [-0.15, -0.1) is 5.10 Å². The molecule has 0 saturated heterocycles. The second-order valence-electron chi connectivity index (χ2n) is 3.53. The highest BCUT2D eigenvalue weighted by atomic mass is 32.2. The number of rotatable bonds is 4. The molecule has 6 nitrogen and oxygen atoms in total. The van der Waals surface area contributed by atoms with Gasteiger partial charge in [-0.3, -0.25) is 4.72 Å². The Bertz CT molecular complexity index is 629. The number of hydrogen-bond donors (Lipinski definition) is 2. The molecule has 0 spiro atoms. The van der Waals surface area contributed by atoms with E-state index in [-0.39, 0.29) is 17.3 Å². The van der Waals surface area contributed by atoms with Gasteiger partial charge in [0.25, 0.3) is 10.0 Å². The van der Waals surface area contributed by atoms with Crippen LogP contribution in [0.25, 0.3) is 0 Å². The molecule has 0 unspecified atom stereocenters. The van der Waals surface area contributed by atoms with E-state index in [1.807, 2.05) is 0 Å². The van der Waals surface area contributed by atoms with Gasteiger partial charge in [-0.25, -0.2) is 8.42 Å². The molecule has 0 aliphatic rings. The molecule has 2 rings (SSSR count). The maximum Gasteiger partial charge on any atom is 0.263 e. The lowest BCUT2D eigenvalue weighted by atomic mass is 10.2. The molecule has 1 aromatic heterocycles. The van der Waals surface area contributed by atoms with Crippen molar-refractivity contribution < 1.29 is 8.42 Å². The van der Waals surface area contributed by atoms with Crippen molar-refractivity contribution in [3.05, 3.63) is 48.2 Å². The minimum atomic E-state index is -3.69. The summed E-state index contributed by atoms with van der Waals surface area (Å²) < 4.78 is 26.6. The maximum absolute atomic E-state index is 12.1. The number of benzene rings is 1. The van der Waals surface area contributed by atoms with Crippen molar-refractivity contribution >= 4 is 15.8 Å². The van der Waals surface area contributed by atoms with Crippen LogP contribution in [0.1, 0.15) is 5.56 Å². The van der Waals surface area contributed by atoms with Crippen molar-refractivity contribution in [2.24, 2.45) is 5.73 Å². The van der Waals surface area contributed by atoms with Gasteiger partial charge in [-0.2, -0.15) is 5.10 Å². The minimum absolute atomic E-state index is 0.150. The van der Waals surface area contributed by atoms with Gasteiger partial charge in [0.1, 0.15) is 0 Å². The van der Waals surface area contributed by atoms with E-state index in [9.17, 15) is 8.42 Å². The van der Waals surface area contributed by atoms with Crippen molar-refractivity contribution in [2.75, 3.05) is 4.72 Å². The first-order valence-electron chi connectivity index (χ1n) is 5.22. The number of nitrogens with one attached hydrogen (secondary N) is 1. The molecule has 18 heavy (non-hydrogen) atoms. The normalized spacial score (nSPS) is 11.2. The first-order chi connectivity index (χ1) is 8.63. The molecule has 0 aliphatic heterocycles. The molecular formula is C11H12N4O2S. The highest BCUT2D eigenvalue weighted by Gasteiger charge is 2.17. The zero-order valence-electron chi connectivity index (χ0n) is 9.45. The number of anilines is 1. The Balaban J connectivity index is 2.37. The molecule has 0 saturated carbocycles. The van der Waals surface area contributed by atoms with E-state index in [0.717, 1.165) is 0 Å². The third-order valence-electron chi connectivity index (χ3n) is 2.29. The Morgan fingerprint density at radius 2 is 1.94 bits per heavy atom. The molecule has 0 aliphatic carbocycles. The molecule has 94 valence electrons. The summed E-state index contributed by atoms with van der Waals surface area (Å²) in [4.78, 5) is 0.151. The van der Waals surface area contributed by atoms with Crippen LogP contribution in [-0.2, 0) is 16.6 Å². The van der Waals surface area contributed by atoms with E-state index in [0.29, 0.717) is 5.56 Å². The fourth-order valence-corrected chi connectivity index (χ4v) is 2.73. The summed E-state index contributed by atoms with van der Waals surface area (Å²) in [7, 11) is -3.69. The van der Waals surface area contributed by atoms with Crippen LogP contribution in [-0.4, -0.2) is 18.6 Å². The highest BCUT2D eigenvalue weighted by Crippen LogP contribution is 2.17. The molecule has 3 N–H and O–H groups in total. The van der Waals surface area contributed by atoms with Gasteiger partial charge in [0, 0.05) is 12.7 Å². The number of hydrogen-bond acceptors (Lipinski definition) is 5. The molecule has 0 radical (unpaired) electrons. The average Bonchev–Trinajstić information content (AvgIpc) is 2.39. The van der Waals surface area contributed by atoms with E-state index < -0.39 is 10.0 Å². The first kappa shape index (κ1) is 12.5. The highest BCUT2D eigenvalue weighted by molar-refractivity contribution is 7.92. The largest absolute Gasteiger partial charge is 0.326 e. The van der Waals surface area contributed by atoms with Crippen LogP contribution < -0.4 is 10.5 Å². The summed E-state index contributed by atoms with van der Waals surface area (Å²) in [6, 6.07) is 9.68. The standard InChI is InChI=1S/C11H12N4O2S/c12-8-9-4-1-2-5-10(9)18(16,17)15-11-6-3-7-13-14-11/h1-7H,8,12H2,(H,14,15). The molecule has 0 amide bonds. The molecule has 0 bridgehead atoms. The summed E-state index contributed by atoms with van der Waals surface area (Å²) >= 11 is 0. The van der Waals surface area contributed by atoms with Crippen LogP contribution in [0.15, 0.2) is 47.5 Å². The van der Waals surface area contributed by atoms with Crippen molar-refractivity contribution in [1.82, 2.24) is 10.2 Å². The number of aromatic nitrogens is 2. The summed E-state index contributed by atoms with van der Waals surface area (Å²) in [5.74, 6) is 0.171. The summed E-state index contributed by atoms with van der Waals surface area (Å²) in [6.07, 6.45) is 1.46. The second-order valence-corrected chi connectivity index (χ2v) is 5.18. The van der Waals surface area contributed by atoms with Gasteiger partial charge in [-0.05, 0) is 23.8 Å². The Kier molecular flexibility index (Phi) is 3.54. The van der Waals surface area contributed by atoms with Gasteiger partial charge in [-0.1, -0.05) is 18.2 Å². The lowest BCUT2D eigenvalue weighted by Gasteiger charge is -2.09. The van der Waals surface area contributed by atoms with E-state index in [1.54, 1.807) is 24.3 Å². The van der Waals surface area contributed by atoms with Crippen molar-refractivity contribution in [2.45, 2.75) is 11.4 Å². The molecule has 2 aromatic rings. The van der Waals surface area contributed by atoms with Crippen LogP contribution in [0.4, 0.5) is 5.82 Å². The van der Waals surface area contributed by atoms with E-state index in [1.165, 1.54) is 18.3 Å². The fourth-order valence-electron chi connectivity index (χ4n) is 1.48. The van der Waals surface area contributed by atoms with Gasteiger partial charge in [0.05, 0.1) is 4.90 Å². The van der Waals surface area contributed by atoms with E-state index >= 15 is 0 Å². The Labute approximate surface area is 105 Å². The lowest BCUT2D eigenvalue weighted by Crippen LogP contribution is -2.17. The monoisotopic (exact) mass is 264 g/mol.